The zero-order chi connectivity index (χ0) is 33.1. The van der Waals surface area contributed by atoms with E-state index in [1.165, 1.54) is 66.6 Å². The molecule has 0 saturated carbocycles. The Morgan fingerprint density at radius 1 is 0.913 bits per heavy atom. The van der Waals surface area contributed by atoms with E-state index in [9.17, 15) is 22.4 Å². The molecular weight excluding hydrogens is 629 g/mol. The molecule has 0 fully saturated rings. The summed E-state index contributed by atoms with van der Waals surface area (Å²) in [6.45, 7) is 1.72. The van der Waals surface area contributed by atoms with E-state index < -0.39 is 34.3 Å². The van der Waals surface area contributed by atoms with Gasteiger partial charge in [0.1, 0.15) is 24.2 Å². The van der Waals surface area contributed by atoms with Crippen molar-refractivity contribution < 1.29 is 27.1 Å². The second-order valence-electron chi connectivity index (χ2n) is 10.7. The quantitative estimate of drug-likeness (QED) is 0.152. The number of benzene rings is 4. The molecule has 1 N–H and O–H groups in total. The number of unbranched alkanes of at least 4 members (excludes halogenated alkanes) is 1. The number of hydrogen-bond donors (Lipinski definition) is 1. The van der Waals surface area contributed by atoms with Crippen LogP contribution in [0.5, 0.6) is 5.75 Å². The van der Waals surface area contributed by atoms with Crippen LogP contribution in [0, 0.1) is 5.82 Å². The molecular formula is C35H37ClFN3O5S. The highest BCUT2D eigenvalue weighted by Crippen LogP contribution is 2.28. The Morgan fingerprint density at radius 2 is 1.61 bits per heavy atom. The second kappa shape index (κ2) is 16.2. The van der Waals surface area contributed by atoms with Crippen LogP contribution in [0.1, 0.15) is 30.9 Å². The van der Waals surface area contributed by atoms with Gasteiger partial charge < -0.3 is 15.0 Å². The molecule has 4 aromatic carbocycles. The lowest BCUT2D eigenvalue weighted by Crippen LogP contribution is -2.53. The highest BCUT2D eigenvalue weighted by Gasteiger charge is 2.34. The van der Waals surface area contributed by atoms with Crippen molar-refractivity contribution in [3.05, 3.63) is 125 Å². The third kappa shape index (κ3) is 9.08. The predicted octanol–water partition coefficient (Wildman–Crippen LogP) is 6.24. The number of halogens is 2. The minimum Gasteiger partial charge on any atom is -0.497 e. The first-order chi connectivity index (χ1) is 22.1. The van der Waals surface area contributed by atoms with Crippen molar-refractivity contribution in [2.75, 3.05) is 24.5 Å². The summed E-state index contributed by atoms with van der Waals surface area (Å²) in [6, 6.07) is 25.9. The van der Waals surface area contributed by atoms with Crippen molar-refractivity contribution in [3.63, 3.8) is 0 Å². The van der Waals surface area contributed by atoms with Gasteiger partial charge in [-0.15, -0.1) is 0 Å². The summed E-state index contributed by atoms with van der Waals surface area (Å²) in [6.07, 6.45) is 1.78. The number of hydrogen-bond acceptors (Lipinski definition) is 5. The topological polar surface area (TPSA) is 96.0 Å². The number of sulfonamides is 1. The van der Waals surface area contributed by atoms with E-state index in [4.69, 9.17) is 16.3 Å². The molecule has 4 aromatic rings. The molecule has 0 aliphatic rings. The number of ether oxygens (including phenoxy) is 1. The maximum atomic E-state index is 14.4. The molecule has 1 atom stereocenters. The fraction of sp³-hybridized carbons (Fsp3) is 0.257. The highest BCUT2D eigenvalue weighted by atomic mass is 35.5. The zero-order valence-electron chi connectivity index (χ0n) is 25.7. The summed E-state index contributed by atoms with van der Waals surface area (Å²) in [5, 5.41) is 3.22. The van der Waals surface area contributed by atoms with E-state index in [0.717, 1.165) is 22.7 Å². The second-order valence-corrected chi connectivity index (χ2v) is 13.0. The third-order valence-corrected chi connectivity index (χ3v) is 9.41. The van der Waals surface area contributed by atoms with Gasteiger partial charge in [-0.25, -0.2) is 12.8 Å². The van der Waals surface area contributed by atoms with Crippen molar-refractivity contribution in [1.82, 2.24) is 10.2 Å². The molecule has 46 heavy (non-hydrogen) atoms. The Labute approximate surface area is 274 Å². The average Bonchev–Trinajstić information content (AvgIpc) is 3.06. The fourth-order valence-corrected chi connectivity index (χ4v) is 6.47. The summed E-state index contributed by atoms with van der Waals surface area (Å²) in [5.41, 5.74) is 1.56. The number of carbonyl (C=O) groups is 2. The predicted molar refractivity (Wildman–Crippen MR) is 178 cm³/mol. The van der Waals surface area contributed by atoms with E-state index in [1.54, 1.807) is 18.2 Å². The maximum absolute atomic E-state index is 14.4. The molecule has 0 radical (unpaired) electrons. The zero-order valence-corrected chi connectivity index (χ0v) is 27.3. The van der Waals surface area contributed by atoms with Crippen molar-refractivity contribution >= 4 is 39.1 Å². The van der Waals surface area contributed by atoms with Gasteiger partial charge in [-0.1, -0.05) is 73.5 Å². The van der Waals surface area contributed by atoms with Crippen LogP contribution in [0.2, 0.25) is 5.02 Å². The lowest BCUT2D eigenvalue weighted by molar-refractivity contribution is -0.140. The molecule has 242 valence electrons. The van der Waals surface area contributed by atoms with Crippen molar-refractivity contribution in [2.24, 2.45) is 0 Å². The molecule has 4 rings (SSSR count). The standard InChI is InChI=1S/C35H37ClFN3O5S/c1-3-4-21-38-35(42)33(22-26-9-6-5-7-10-26)39(24-27-13-15-29(37)16-14-27)34(41)25-40(30-12-8-11-28(36)23-30)46(43,44)32-19-17-31(45-2)18-20-32/h5-20,23,33H,3-4,21-22,24-25H2,1-2H3,(H,38,42)/t33-/m1/s1. The lowest BCUT2D eigenvalue weighted by Gasteiger charge is -2.34. The third-order valence-electron chi connectivity index (χ3n) is 7.39. The summed E-state index contributed by atoms with van der Waals surface area (Å²) in [5.74, 6) is -0.988. The van der Waals surface area contributed by atoms with Gasteiger partial charge in [-0.3, -0.25) is 13.9 Å². The number of anilines is 1. The van der Waals surface area contributed by atoms with Gasteiger partial charge in [0.05, 0.1) is 17.7 Å². The van der Waals surface area contributed by atoms with Crippen molar-refractivity contribution in [3.8, 4) is 5.75 Å². The molecule has 0 aliphatic heterocycles. The molecule has 0 spiro atoms. The summed E-state index contributed by atoms with van der Waals surface area (Å²) >= 11 is 6.27. The van der Waals surface area contributed by atoms with Gasteiger partial charge in [0.25, 0.3) is 10.0 Å². The molecule has 0 saturated heterocycles. The molecule has 0 aromatic heterocycles. The van der Waals surface area contributed by atoms with Gasteiger partial charge in [0.15, 0.2) is 0 Å². The van der Waals surface area contributed by atoms with E-state index in [1.807, 2.05) is 37.3 Å². The van der Waals surface area contributed by atoms with Gasteiger partial charge in [-0.05, 0) is 72.1 Å². The van der Waals surface area contributed by atoms with Crippen LogP contribution in [0.4, 0.5) is 10.1 Å². The number of rotatable bonds is 15. The molecule has 0 aliphatic carbocycles. The van der Waals surface area contributed by atoms with Crippen molar-refractivity contribution in [2.45, 2.75) is 43.7 Å². The lowest BCUT2D eigenvalue weighted by atomic mass is 10.0. The highest BCUT2D eigenvalue weighted by molar-refractivity contribution is 7.92. The number of carbonyl (C=O) groups excluding carboxylic acids is 2. The van der Waals surface area contributed by atoms with Crippen LogP contribution < -0.4 is 14.4 Å². The molecule has 0 heterocycles. The van der Waals surface area contributed by atoms with Crippen LogP contribution in [0.25, 0.3) is 0 Å². The van der Waals surface area contributed by atoms with Gasteiger partial charge in [0, 0.05) is 24.5 Å². The van der Waals surface area contributed by atoms with E-state index in [2.05, 4.69) is 5.32 Å². The van der Waals surface area contributed by atoms with Crippen LogP contribution in [-0.2, 0) is 32.6 Å². The number of methoxy groups -OCH3 is 1. The van der Waals surface area contributed by atoms with Gasteiger partial charge in [-0.2, -0.15) is 0 Å². The van der Waals surface area contributed by atoms with E-state index >= 15 is 0 Å². The smallest absolute Gasteiger partial charge is 0.264 e. The van der Waals surface area contributed by atoms with Crippen LogP contribution in [-0.4, -0.2) is 51.4 Å². The SMILES string of the molecule is CCCCNC(=O)[C@@H](Cc1ccccc1)N(Cc1ccc(F)cc1)C(=O)CN(c1cccc(Cl)c1)S(=O)(=O)c1ccc(OC)cc1. The van der Waals surface area contributed by atoms with Crippen molar-refractivity contribution in [1.29, 1.82) is 0 Å². The Morgan fingerprint density at radius 3 is 2.24 bits per heavy atom. The maximum Gasteiger partial charge on any atom is 0.264 e. The first kappa shape index (κ1) is 34.5. The monoisotopic (exact) mass is 665 g/mol. The summed E-state index contributed by atoms with van der Waals surface area (Å²) in [4.78, 5) is 29.5. The molecule has 8 nitrogen and oxygen atoms in total. The Balaban J connectivity index is 1.78. The Bertz CT molecular complexity index is 1700. The largest absolute Gasteiger partial charge is 0.497 e. The summed E-state index contributed by atoms with van der Waals surface area (Å²) < 4.78 is 48.2. The van der Waals surface area contributed by atoms with Gasteiger partial charge in [0.2, 0.25) is 11.8 Å². The molecule has 2 amide bonds. The fourth-order valence-electron chi connectivity index (χ4n) is 4.88. The van der Waals surface area contributed by atoms with Crippen LogP contribution >= 0.6 is 11.6 Å². The normalized spacial score (nSPS) is 11.8. The summed E-state index contributed by atoms with van der Waals surface area (Å²) in [7, 11) is -2.83. The van der Waals surface area contributed by atoms with E-state index in [-0.39, 0.29) is 34.5 Å². The molecule has 0 bridgehead atoms. The van der Waals surface area contributed by atoms with Crippen LogP contribution in [0.3, 0.4) is 0 Å². The first-order valence-electron chi connectivity index (χ1n) is 14.9. The first-order valence-corrected chi connectivity index (χ1v) is 16.7. The molecule has 0 unspecified atom stereocenters. The number of nitrogens with zero attached hydrogens (tertiary/aromatic N) is 2. The van der Waals surface area contributed by atoms with Gasteiger partial charge >= 0.3 is 0 Å². The Kier molecular flexibility index (Phi) is 12.2. The number of amides is 2. The Hall–Kier alpha value is -4.41. The minimum absolute atomic E-state index is 0.0655. The average molecular weight is 666 g/mol. The molecule has 11 heteroatoms. The van der Waals surface area contributed by atoms with E-state index in [0.29, 0.717) is 17.9 Å². The minimum atomic E-state index is -4.30. The van der Waals surface area contributed by atoms with Crippen LogP contribution in [0.15, 0.2) is 108 Å². The number of nitrogens with one attached hydrogen (secondary N) is 1.